The number of amides is 1. The molecule has 1 amide bonds. The summed E-state index contributed by atoms with van der Waals surface area (Å²) in [6.45, 7) is 3.31. The van der Waals surface area contributed by atoms with Crippen molar-refractivity contribution in [2.45, 2.75) is 24.8 Å². The normalized spacial score (nSPS) is 15.6. The zero-order chi connectivity index (χ0) is 15.9. The average Bonchev–Trinajstić information content (AvgIpc) is 2.54. The first kappa shape index (κ1) is 16.6. The van der Waals surface area contributed by atoms with Crippen LogP contribution in [0.3, 0.4) is 0 Å². The number of carbonyl (C=O) groups is 2. The lowest BCUT2D eigenvalue weighted by Crippen LogP contribution is -2.41. The lowest BCUT2D eigenvalue weighted by molar-refractivity contribution is -0.645. The predicted octanol–water partition coefficient (Wildman–Crippen LogP) is 1.21. The van der Waals surface area contributed by atoms with E-state index in [2.05, 4.69) is 0 Å². The van der Waals surface area contributed by atoms with Crippen molar-refractivity contribution in [1.29, 1.82) is 0 Å². The van der Waals surface area contributed by atoms with Gasteiger partial charge in [0.2, 0.25) is 5.91 Å². The van der Waals surface area contributed by atoms with Crippen LogP contribution in [0.1, 0.15) is 19.8 Å². The molecule has 1 fully saturated rings. The van der Waals surface area contributed by atoms with Crippen LogP contribution >= 0.6 is 11.8 Å². The van der Waals surface area contributed by atoms with Gasteiger partial charge in [-0.05, 0) is 37.6 Å². The van der Waals surface area contributed by atoms with Crippen molar-refractivity contribution in [3.63, 3.8) is 0 Å². The topological polar surface area (TPSA) is 73.5 Å². The van der Waals surface area contributed by atoms with Crippen LogP contribution in [-0.2, 0) is 14.3 Å². The van der Waals surface area contributed by atoms with Gasteiger partial charge in [-0.25, -0.2) is 0 Å². The van der Waals surface area contributed by atoms with Crippen molar-refractivity contribution < 1.29 is 19.1 Å². The molecule has 1 saturated heterocycles. The molecule has 0 unspecified atom stereocenters. The Morgan fingerprint density at radius 2 is 2.14 bits per heavy atom. The Kier molecular flexibility index (Phi) is 6.06. The van der Waals surface area contributed by atoms with Crippen LogP contribution in [0.2, 0.25) is 0 Å². The number of likely N-dealkylation sites (tertiary alicyclic amines) is 1. The standard InChI is InChI=1S/C15H20N2O4S/c1-2-21-15(19)12-6-9-16(10-7-12)13(18)11-22-14-5-3-4-8-17(14)20/h3-5,8,12H,2,6-7,9-11H2,1H3. The van der Waals surface area contributed by atoms with Crippen molar-refractivity contribution >= 4 is 23.6 Å². The molecule has 6 nitrogen and oxygen atoms in total. The molecule has 1 aromatic heterocycles. The summed E-state index contributed by atoms with van der Waals surface area (Å²) in [6, 6.07) is 5.11. The number of carbonyl (C=O) groups excluding carboxylic acids is 2. The van der Waals surface area contributed by atoms with E-state index in [9.17, 15) is 14.8 Å². The summed E-state index contributed by atoms with van der Waals surface area (Å²) >= 11 is 1.23. The second-order valence-electron chi connectivity index (χ2n) is 5.06. The van der Waals surface area contributed by atoms with Crippen molar-refractivity contribution in [3.05, 3.63) is 29.6 Å². The number of rotatable bonds is 5. The minimum atomic E-state index is -0.166. The van der Waals surface area contributed by atoms with Crippen molar-refractivity contribution in [2.24, 2.45) is 5.92 Å². The van der Waals surface area contributed by atoms with Gasteiger partial charge in [-0.15, -0.1) is 0 Å². The third-order valence-electron chi connectivity index (χ3n) is 3.60. The zero-order valence-corrected chi connectivity index (χ0v) is 13.4. The highest BCUT2D eigenvalue weighted by Crippen LogP contribution is 2.20. The molecule has 0 atom stereocenters. The van der Waals surface area contributed by atoms with Crippen LogP contribution in [0.25, 0.3) is 0 Å². The Morgan fingerprint density at radius 1 is 1.41 bits per heavy atom. The highest BCUT2D eigenvalue weighted by Gasteiger charge is 2.28. The van der Waals surface area contributed by atoms with Gasteiger partial charge in [-0.2, -0.15) is 4.73 Å². The first-order chi connectivity index (χ1) is 10.6. The first-order valence-corrected chi connectivity index (χ1v) is 8.35. The molecular weight excluding hydrogens is 304 g/mol. The van der Waals surface area contributed by atoms with Crippen LogP contribution in [0.4, 0.5) is 0 Å². The largest absolute Gasteiger partial charge is 0.618 e. The number of thioether (sulfide) groups is 1. The number of hydrogen-bond acceptors (Lipinski definition) is 5. The van der Waals surface area contributed by atoms with E-state index in [1.54, 1.807) is 30.0 Å². The van der Waals surface area contributed by atoms with E-state index in [0.29, 0.717) is 37.6 Å². The quantitative estimate of drug-likeness (QED) is 0.352. The smallest absolute Gasteiger partial charge is 0.309 e. The number of ether oxygens (including phenoxy) is 1. The van der Waals surface area contributed by atoms with E-state index in [1.807, 2.05) is 0 Å². The summed E-state index contributed by atoms with van der Waals surface area (Å²) in [4.78, 5) is 25.6. The van der Waals surface area contributed by atoms with E-state index in [1.165, 1.54) is 18.0 Å². The summed E-state index contributed by atoms with van der Waals surface area (Å²) < 4.78 is 5.77. The maximum atomic E-state index is 12.2. The fourth-order valence-corrected chi connectivity index (χ4v) is 3.19. The Labute approximate surface area is 134 Å². The predicted molar refractivity (Wildman–Crippen MR) is 82.1 cm³/mol. The van der Waals surface area contributed by atoms with Crippen molar-refractivity contribution in [3.8, 4) is 0 Å². The van der Waals surface area contributed by atoms with Gasteiger partial charge in [0, 0.05) is 25.2 Å². The second-order valence-corrected chi connectivity index (χ2v) is 6.06. The van der Waals surface area contributed by atoms with Crippen molar-refractivity contribution in [1.82, 2.24) is 4.90 Å². The van der Waals surface area contributed by atoms with Crippen LogP contribution in [0.15, 0.2) is 29.4 Å². The number of aromatic nitrogens is 1. The maximum absolute atomic E-state index is 12.2. The zero-order valence-electron chi connectivity index (χ0n) is 12.6. The minimum Gasteiger partial charge on any atom is -0.618 e. The van der Waals surface area contributed by atoms with Crippen molar-refractivity contribution in [2.75, 3.05) is 25.4 Å². The van der Waals surface area contributed by atoms with Crippen LogP contribution in [0.5, 0.6) is 0 Å². The summed E-state index contributed by atoms with van der Waals surface area (Å²) in [5.41, 5.74) is 0. The second kappa shape index (κ2) is 8.03. The molecule has 0 saturated carbocycles. The van der Waals surface area contributed by atoms with E-state index in [4.69, 9.17) is 4.74 Å². The summed E-state index contributed by atoms with van der Waals surface area (Å²) in [7, 11) is 0. The lowest BCUT2D eigenvalue weighted by Gasteiger charge is -2.30. The molecule has 2 heterocycles. The molecule has 1 aliphatic heterocycles. The molecule has 0 N–H and O–H groups in total. The third kappa shape index (κ3) is 4.37. The number of esters is 1. The van der Waals surface area contributed by atoms with E-state index < -0.39 is 0 Å². The first-order valence-electron chi connectivity index (χ1n) is 7.37. The molecule has 0 aromatic carbocycles. The summed E-state index contributed by atoms with van der Waals surface area (Å²) in [6.07, 6.45) is 2.70. The monoisotopic (exact) mass is 324 g/mol. The van der Waals surface area contributed by atoms with Gasteiger partial charge in [-0.3, -0.25) is 9.59 Å². The number of pyridine rings is 1. The van der Waals surface area contributed by atoms with Gasteiger partial charge in [0.1, 0.15) is 0 Å². The van der Waals surface area contributed by atoms with E-state index >= 15 is 0 Å². The Balaban J connectivity index is 1.78. The Hall–Kier alpha value is -1.76. The average molecular weight is 324 g/mol. The molecule has 0 spiro atoms. The van der Waals surface area contributed by atoms with Gasteiger partial charge in [0.15, 0.2) is 6.20 Å². The molecule has 7 heteroatoms. The highest BCUT2D eigenvalue weighted by atomic mass is 32.2. The molecule has 22 heavy (non-hydrogen) atoms. The minimum absolute atomic E-state index is 0.00355. The van der Waals surface area contributed by atoms with Gasteiger partial charge in [0.05, 0.1) is 18.3 Å². The number of nitrogens with zero attached hydrogens (tertiary/aromatic N) is 2. The molecule has 0 bridgehead atoms. The maximum Gasteiger partial charge on any atom is 0.309 e. The van der Waals surface area contributed by atoms with Gasteiger partial charge in [0.25, 0.3) is 5.03 Å². The van der Waals surface area contributed by atoms with E-state index in [-0.39, 0.29) is 23.5 Å². The third-order valence-corrected chi connectivity index (χ3v) is 4.60. The Bertz CT molecular complexity index is 530. The summed E-state index contributed by atoms with van der Waals surface area (Å²) in [5.74, 6) is -0.0394. The summed E-state index contributed by atoms with van der Waals surface area (Å²) in [5, 5.41) is 12.0. The van der Waals surface area contributed by atoms with Crippen LogP contribution < -0.4 is 4.73 Å². The van der Waals surface area contributed by atoms with Gasteiger partial charge < -0.3 is 14.8 Å². The Morgan fingerprint density at radius 3 is 2.77 bits per heavy atom. The van der Waals surface area contributed by atoms with Gasteiger partial charge in [-0.1, -0.05) is 0 Å². The number of piperidine rings is 1. The van der Waals surface area contributed by atoms with Gasteiger partial charge >= 0.3 is 5.97 Å². The fourth-order valence-electron chi connectivity index (χ4n) is 2.38. The molecule has 0 radical (unpaired) electrons. The highest BCUT2D eigenvalue weighted by molar-refractivity contribution is 7.99. The molecule has 1 aliphatic rings. The SMILES string of the molecule is CCOC(=O)C1CCN(C(=O)CSc2cccc[n+]2[O-])CC1. The van der Waals surface area contributed by atoms with Crippen LogP contribution in [-0.4, -0.2) is 42.2 Å². The molecular formula is C15H20N2O4S. The molecule has 0 aliphatic carbocycles. The van der Waals surface area contributed by atoms with E-state index in [0.717, 1.165) is 4.73 Å². The fraction of sp³-hybridized carbons (Fsp3) is 0.533. The molecule has 2 rings (SSSR count). The number of hydrogen-bond donors (Lipinski definition) is 0. The van der Waals surface area contributed by atoms with Crippen LogP contribution in [0, 0.1) is 11.1 Å². The molecule has 1 aromatic rings. The molecule has 120 valence electrons. The lowest BCUT2D eigenvalue weighted by atomic mass is 9.97.